The van der Waals surface area contributed by atoms with Crippen molar-refractivity contribution in [1.82, 2.24) is 0 Å². The van der Waals surface area contributed by atoms with Crippen LogP contribution in [0.15, 0.2) is 24.3 Å². The first kappa shape index (κ1) is 25.3. The summed E-state index contributed by atoms with van der Waals surface area (Å²) in [6.07, 6.45) is -0.806. The van der Waals surface area contributed by atoms with Crippen LogP contribution in [0.1, 0.15) is 34.1 Å². The van der Waals surface area contributed by atoms with Gasteiger partial charge in [-0.15, -0.1) is 0 Å². The second-order valence-corrected chi connectivity index (χ2v) is 3.97. The highest BCUT2D eigenvalue weighted by Crippen LogP contribution is 1.90. The van der Waals surface area contributed by atoms with Crippen molar-refractivity contribution in [2.24, 2.45) is 0 Å². The van der Waals surface area contributed by atoms with Crippen LogP contribution in [0.4, 0.5) is 0 Å². The Balaban J connectivity index is -0.000000262. The van der Waals surface area contributed by atoms with Crippen LogP contribution in [0.3, 0.4) is 0 Å². The van der Waals surface area contributed by atoms with E-state index < -0.39 is 18.4 Å². The summed E-state index contributed by atoms with van der Waals surface area (Å²) in [5.41, 5.74) is 0.902. The molecule has 0 aromatic rings. The van der Waals surface area contributed by atoms with E-state index >= 15 is 0 Å². The van der Waals surface area contributed by atoms with Crippen LogP contribution in [0, 0.1) is 0 Å². The highest BCUT2D eigenvalue weighted by molar-refractivity contribution is 5.89. The van der Waals surface area contributed by atoms with Crippen molar-refractivity contribution in [3.05, 3.63) is 24.3 Å². The van der Waals surface area contributed by atoms with Crippen LogP contribution in [-0.2, 0) is 28.7 Å². The Bertz CT molecular complexity index is 397. The third-order valence-corrected chi connectivity index (χ3v) is 1.55. The SMILES string of the molecule is C=C(C)C(=O)OCC.C=C(C)C(=O)OCC.O=C(O)CC(=O)O. The number of hydrogen-bond donors (Lipinski definition) is 2. The van der Waals surface area contributed by atoms with E-state index in [9.17, 15) is 19.2 Å². The average molecular weight is 332 g/mol. The summed E-state index contributed by atoms with van der Waals surface area (Å²) in [6, 6.07) is 0. The molecule has 0 spiro atoms. The maximum Gasteiger partial charge on any atom is 0.333 e. The number of carbonyl (C=O) groups excluding carboxylic acids is 2. The van der Waals surface area contributed by atoms with Crippen LogP contribution < -0.4 is 0 Å². The fraction of sp³-hybridized carbons (Fsp3) is 0.467. The number of rotatable bonds is 6. The Kier molecular flexibility index (Phi) is 17.3. The molecule has 8 nitrogen and oxygen atoms in total. The minimum atomic E-state index is -1.31. The van der Waals surface area contributed by atoms with Gasteiger partial charge in [-0.25, -0.2) is 9.59 Å². The molecule has 0 heterocycles. The zero-order chi connectivity index (χ0) is 19.0. The number of aliphatic carboxylic acids is 2. The molecule has 0 aliphatic heterocycles. The van der Waals surface area contributed by atoms with Crippen molar-refractivity contribution in [2.45, 2.75) is 34.1 Å². The predicted molar refractivity (Wildman–Crippen MR) is 82.8 cm³/mol. The van der Waals surface area contributed by atoms with Gasteiger partial charge >= 0.3 is 23.9 Å². The van der Waals surface area contributed by atoms with Crippen molar-refractivity contribution in [2.75, 3.05) is 13.2 Å². The highest BCUT2D eigenvalue weighted by atomic mass is 16.5. The van der Waals surface area contributed by atoms with Gasteiger partial charge in [-0.3, -0.25) is 9.59 Å². The van der Waals surface area contributed by atoms with E-state index in [0.717, 1.165) is 0 Å². The van der Waals surface area contributed by atoms with Gasteiger partial charge in [0, 0.05) is 11.1 Å². The largest absolute Gasteiger partial charge is 0.481 e. The van der Waals surface area contributed by atoms with Gasteiger partial charge in [-0.2, -0.15) is 0 Å². The fourth-order valence-electron chi connectivity index (χ4n) is 0.638. The lowest BCUT2D eigenvalue weighted by Crippen LogP contribution is -2.03. The molecule has 0 atom stereocenters. The maximum atomic E-state index is 10.4. The van der Waals surface area contributed by atoms with E-state index in [1.54, 1.807) is 27.7 Å². The first-order chi connectivity index (χ1) is 10.5. The van der Waals surface area contributed by atoms with E-state index in [2.05, 4.69) is 22.6 Å². The molecule has 0 fully saturated rings. The van der Waals surface area contributed by atoms with Crippen LogP contribution in [0.5, 0.6) is 0 Å². The summed E-state index contributed by atoms with van der Waals surface area (Å²) in [5, 5.41) is 15.4. The maximum absolute atomic E-state index is 10.4. The van der Waals surface area contributed by atoms with Crippen molar-refractivity contribution in [3.8, 4) is 0 Å². The Hall–Kier alpha value is -2.64. The molecule has 8 heteroatoms. The summed E-state index contributed by atoms with van der Waals surface area (Å²) in [7, 11) is 0. The minimum absolute atomic E-state index is 0.312. The highest BCUT2D eigenvalue weighted by Gasteiger charge is 2.01. The zero-order valence-corrected chi connectivity index (χ0v) is 13.9. The number of carbonyl (C=O) groups is 4. The standard InChI is InChI=1S/2C6H10O2.C3H4O4/c2*1-4-8-6(7)5(2)3;4-2(5)1-3(6)7/h2*2,4H2,1,3H3;1H2,(H,4,5)(H,6,7). The molecule has 0 aromatic heterocycles. The first-order valence-electron chi connectivity index (χ1n) is 6.58. The van der Waals surface area contributed by atoms with Gasteiger partial charge < -0.3 is 19.7 Å². The summed E-state index contributed by atoms with van der Waals surface area (Å²) >= 11 is 0. The molecule has 0 unspecified atom stereocenters. The van der Waals surface area contributed by atoms with Crippen molar-refractivity contribution in [1.29, 1.82) is 0 Å². The van der Waals surface area contributed by atoms with Gasteiger partial charge in [-0.05, 0) is 27.7 Å². The molecule has 0 aromatic carbocycles. The molecule has 132 valence electrons. The topological polar surface area (TPSA) is 127 Å². The number of hydrogen-bond acceptors (Lipinski definition) is 6. The van der Waals surface area contributed by atoms with Crippen LogP contribution in [0.2, 0.25) is 0 Å². The Morgan fingerprint density at radius 3 is 1.09 bits per heavy atom. The van der Waals surface area contributed by atoms with E-state index in [-0.39, 0.29) is 11.9 Å². The van der Waals surface area contributed by atoms with E-state index in [4.69, 9.17) is 10.2 Å². The molecule has 0 saturated heterocycles. The first-order valence-corrected chi connectivity index (χ1v) is 6.58. The Morgan fingerprint density at radius 2 is 1.04 bits per heavy atom. The molecule has 0 aliphatic carbocycles. The molecule has 23 heavy (non-hydrogen) atoms. The third kappa shape index (κ3) is 24.7. The number of carboxylic acids is 2. The minimum Gasteiger partial charge on any atom is -0.481 e. The van der Waals surface area contributed by atoms with Gasteiger partial charge in [0.25, 0.3) is 0 Å². The number of carboxylic acid groups (broad SMARTS) is 2. The normalized spacial score (nSPS) is 8.17. The van der Waals surface area contributed by atoms with Gasteiger partial charge in [-0.1, -0.05) is 13.2 Å². The lowest BCUT2D eigenvalue weighted by atomic mass is 10.4. The number of esters is 2. The molecule has 0 radical (unpaired) electrons. The molecule has 0 rings (SSSR count). The van der Waals surface area contributed by atoms with Gasteiger partial charge in [0.1, 0.15) is 6.42 Å². The average Bonchev–Trinajstić information content (AvgIpc) is 2.38. The van der Waals surface area contributed by atoms with Crippen molar-refractivity contribution >= 4 is 23.9 Å². The molecular weight excluding hydrogens is 308 g/mol. The number of ether oxygens (including phenoxy) is 2. The molecular formula is C15H24O8. The second kappa shape index (κ2) is 15.7. The Labute approximate surface area is 135 Å². The lowest BCUT2D eigenvalue weighted by Gasteiger charge is -1.96. The monoisotopic (exact) mass is 332 g/mol. The summed E-state index contributed by atoms with van der Waals surface area (Å²) in [4.78, 5) is 39.7. The van der Waals surface area contributed by atoms with Crippen molar-refractivity contribution < 1.29 is 38.9 Å². The zero-order valence-electron chi connectivity index (χ0n) is 13.9. The molecule has 0 saturated carbocycles. The van der Waals surface area contributed by atoms with Gasteiger partial charge in [0.15, 0.2) is 0 Å². The molecule has 2 N–H and O–H groups in total. The van der Waals surface area contributed by atoms with Gasteiger partial charge in [0.2, 0.25) is 0 Å². The van der Waals surface area contributed by atoms with Crippen LogP contribution in [0.25, 0.3) is 0 Å². The fourth-order valence-corrected chi connectivity index (χ4v) is 0.638. The van der Waals surface area contributed by atoms with E-state index in [1.807, 2.05) is 0 Å². The quantitative estimate of drug-likeness (QED) is 0.428. The molecule has 0 bridgehead atoms. The summed E-state index contributed by atoms with van der Waals surface area (Å²) in [5.74, 6) is -3.25. The van der Waals surface area contributed by atoms with Crippen molar-refractivity contribution in [3.63, 3.8) is 0 Å². The molecule has 0 aliphatic rings. The second-order valence-electron chi connectivity index (χ2n) is 3.97. The van der Waals surface area contributed by atoms with E-state index in [1.165, 1.54) is 0 Å². The predicted octanol–water partition coefficient (Wildman–Crippen LogP) is 1.80. The summed E-state index contributed by atoms with van der Waals surface area (Å²) < 4.78 is 9.13. The van der Waals surface area contributed by atoms with Crippen LogP contribution in [-0.4, -0.2) is 47.3 Å². The third-order valence-electron chi connectivity index (χ3n) is 1.55. The molecule has 0 amide bonds. The smallest absolute Gasteiger partial charge is 0.333 e. The summed E-state index contributed by atoms with van der Waals surface area (Å²) in [6.45, 7) is 14.4. The van der Waals surface area contributed by atoms with Gasteiger partial charge in [0.05, 0.1) is 13.2 Å². The van der Waals surface area contributed by atoms with E-state index in [0.29, 0.717) is 24.4 Å². The van der Waals surface area contributed by atoms with Crippen LogP contribution >= 0.6 is 0 Å². The lowest BCUT2D eigenvalue weighted by molar-refractivity contribution is -0.147. The Morgan fingerprint density at radius 1 is 0.783 bits per heavy atom.